The Morgan fingerprint density at radius 1 is 1.69 bits per heavy atom. The summed E-state index contributed by atoms with van der Waals surface area (Å²) in [5.41, 5.74) is 6.45. The zero-order valence-electron chi connectivity index (χ0n) is 8.67. The van der Waals surface area contributed by atoms with Crippen LogP contribution >= 0.6 is 0 Å². The molecule has 0 aliphatic carbocycles. The molecular formula is C9H10N5O2. The molecule has 0 unspecified atom stereocenters. The number of hydrogen-bond donors (Lipinski definition) is 1. The molecular weight excluding hydrogens is 210 g/mol. The molecule has 0 aliphatic heterocycles. The summed E-state index contributed by atoms with van der Waals surface area (Å²) in [5.74, 6) is -0.0864. The van der Waals surface area contributed by atoms with Crippen molar-refractivity contribution < 1.29 is 9.32 Å². The van der Waals surface area contributed by atoms with Crippen LogP contribution < -0.4 is 5.73 Å². The van der Waals surface area contributed by atoms with Crippen LogP contribution in [0.5, 0.6) is 0 Å². The Morgan fingerprint density at radius 3 is 3.00 bits per heavy atom. The van der Waals surface area contributed by atoms with E-state index in [1.54, 1.807) is 13.1 Å². The first kappa shape index (κ1) is 10.3. The number of aromatic nitrogens is 4. The summed E-state index contributed by atoms with van der Waals surface area (Å²) < 4.78 is 6.44. The fraction of sp³-hybridized carbons (Fsp3) is 0.222. The van der Waals surface area contributed by atoms with E-state index in [0.717, 1.165) is 0 Å². The van der Waals surface area contributed by atoms with Crippen molar-refractivity contribution >= 4 is 5.91 Å². The van der Waals surface area contributed by atoms with Crippen molar-refractivity contribution in [1.82, 2.24) is 20.2 Å². The summed E-state index contributed by atoms with van der Waals surface area (Å²) >= 11 is 0. The molecule has 0 saturated carbocycles. The van der Waals surface area contributed by atoms with Gasteiger partial charge in [0.15, 0.2) is 5.69 Å². The van der Waals surface area contributed by atoms with Gasteiger partial charge in [0.1, 0.15) is 5.76 Å². The third-order valence-electron chi connectivity index (χ3n) is 2.12. The second kappa shape index (κ2) is 3.76. The van der Waals surface area contributed by atoms with E-state index in [9.17, 15) is 4.79 Å². The maximum absolute atomic E-state index is 11.1. The smallest absolute Gasteiger partial charge is 0.271 e. The molecule has 16 heavy (non-hydrogen) atoms. The second-order valence-electron chi connectivity index (χ2n) is 3.34. The summed E-state index contributed by atoms with van der Waals surface area (Å²) in [6, 6.07) is 0. The van der Waals surface area contributed by atoms with Crippen LogP contribution in [0.3, 0.4) is 0 Å². The molecule has 2 aromatic heterocycles. The lowest BCUT2D eigenvalue weighted by Gasteiger charge is -1.99. The van der Waals surface area contributed by atoms with E-state index in [-0.39, 0.29) is 5.69 Å². The van der Waals surface area contributed by atoms with Gasteiger partial charge in [-0.05, 0) is 13.8 Å². The minimum absolute atomic E-state index is 0.124. The minimum atomic E-state index is -0.623. The molecule has 0 aromatic carbocycles. The lowest BCUT2D eigenvalue weighted by molar-refractivity contribution is 0.0991. The summed E-state index contributed by atoms with van der Waals surface area (Å²) in [6.45, 7) is 5.66. The Morgan fingerprint density at radius 2 is 2.44 bits per heavy atom. The number of carbonyl (C=O) groups is 1. The lowest BCUT2D eigenvalue weighted by atomic mass is 10.2. The highest BCUT2D eigenvalue weighted by Crippen LogP contribution is 2.14. The first-order valence-electron chi connectivity index (χ1n) is 4.55. The van der Waals surface area contributed by atoms with Crippen molar-refractivity contribution in [2.24, 2.45) is 5.73 Å². The molecule has 0 aliphatic rings. The molecule has 7 heteroatoms. The van der Waals surface area contributed by atoms with E-state index in [0.29, 0.717) is 23.6 Å². The van der Waals surface area contributed by atoms with Crippen LogP contribution in [0.25, 0.3) is 0 Å². The lowest BCUT2D eigenvalue weighted by Crippen LogP contribution is -2.15. The van der Waals surface area contributed by atoms with Gasteiger partial charge in [0.05, 0.1) is 12.2 Å². The molecule has 0 atom stereocenters. The third kappa shape index (κ3) is 1.79. The van der Waals surface area contributed by atoms with Crippen molar-refractivity contribution in [1.29, 1.82) is 0 Å². The molecule has 1 amide bonds. The Labute approximate surface area is 91.2 Å². The highest BCUT2D eigenvalue weighted by molar-refractivity contribution is 5.92. The zero-order valence-corrected chi connectivity index (χ0v) is 8.67. The monoisotopic (exact) mass is 220 g/mol. The van der Waals surface area contributed by atoms with Gasteiger partial charge < -0.3 is 10.3 Å². The molecule has 2 N–H and O–H groups in total. The Balaban J connectivity index is 2.33. The summed E-state index contributed by atoms with van der Waals surface area (Å²) in [6.07, 6.45) is 1.65. The molecule has 2 rings (SSSR count). The zero-order chi connectivity index (χ0) is 11.7. The number of hydrogen-bond acceptors (Lipinski definition) is 5. The molecule has 0 fully saturated rings. The highest BCUT2D eigenvalue weighted by atomic mass is 16.5. The van der Waals surface area contributed by atoms with E-state index >= 15 is 0 Å². The van der Waals surface area contributed by atoms with Gasteiger partial charge in [0.2, 0.25) is 0 Å². The Kier molecular flexibility index (Phi) is 2.43. The second-order valence-corrected chi connectivity index (χ2v) is 3.34. The van der Waals surface area contributed by atoms with E-state index in [1.807, 2.05) is 0 Å². The molecule has 2 aromatic rings. The fourth-order valence-electron chi connectivity index (χ4n) is 1.35. The van der Waals surface area contributed by atoms with Gasteiger partial charge >= 0.3 is 0 Å². The molecule has 2 heterocycles. The van der Waals surface area contributed by atoms with E-state index < -0.39 is 5.91 Å². The van der Waals surface area contributed by atoms with E-state index in [2.05, 4.69) is 22.4 Å². The fourth-order valence-corrected chi connectivity index (χ4v) is 1.35. The van der Waals surface area contributed by atoms with Gasteiger partial charge in [0, 0.05) is 11.8 Å². The molecule has 0 saturated heterocycles. The standard InChI is InChI=1S/C9H10N5O2/c1-5-3-14(13-11-5)4-7-6(2)16-12-8(7)9(10)15/h3H,1,4H2,2H3,(H2,10,15). The van der Waals surface area contributed by atoms with Crippen molar-refractivity contribution in [3.8, 4) is 0 Å². The predicted octanol–water partition coefficient (Wildman–Crippen LogP) is -0.0961. The average Bonchev–Trinajstić information content (AvgIpc) is 2.76. The van der Waals surface area contributed by atoms with Crippen LogP contribution in [-0.2, 0) is 6.54 Å². The minimum Gasteiger partial charge on any atom is -0.364 e. The van der Waals surface area contributed by atoms with Crippen molar-refractivity contribution in [2.45, 2.75) is 13.5 Å². The van der Waals surface area contributed by atoms with Crippen LogP contribution in [0.4, 0.5) is 0 Å². The van der Waals surface area contributed by atoms with E-state index in [1.165, 1.54) is 4.68 Å². The predicted molar refractivity (Wildman–Crippen MR) is 53.3 cm³/mol. The Bertz CT molecular complexity index is 528. The Hall–Kier alpha value is -2.18. The SMILES string of the molecule is [CH2]c1cn(Cc2c(C(N)=O)noc2C)nn1. The molecule has 0 bridgehead atoms. The molecule has 7 nitrogen and oxygen atoms in total. The number of nitrogens with zero attached hydrogens (tertiary/aromatic N) is 4. The normalized spacial score (nSPS) is 10.6. The highest BCUT2D eigenvalue weighted by Gasteiger charge is 2.17. The molecule has 1 radical (unpaired) electrons. The van der Waals surface area contributed by atoms with E-state index in [4.69, 9.17) is 10.3 Å². The summed E-state index contributed by atoms with van der Waals surface area (Å²) in [5, 5.41) is 11.1. The van der Waals surface area contributed by atoms with Crippen molar-refractivity contribution in [3.05, 3.63) is 35.8 Å². The van der Waals surface area contributed by atoms with Gasteiger partial charge in [-0.2, -0.15) is 0 Å². The summed E-state index contributed by atoms with van der Waals surface area (Å²) in [4.78, 5) is 11.1. The number of amides is 1. The first-order chi connectivity index (χ1) is 7.58. The van der Waals surface area contributed by atoms with Gasteiger partial charge in [-0.3, -0.25) is 4.79 Å². The average molecular weight is 220 g/mol. The number of aryl methyl sites for hydroxylation is 1. The maximum Gasteiger partial charge on any atom is 0.271 e. The number of nitrogens with two attached hydrogens (primary N) is 1. The van der Waals surface area contributed by atoms with Gasteiger partial charge in [-0.15, -0.1) is 5.10 Å². The largest absolute Gasteiger partial charge is 0.364 e. The number of rotatable bonds is 3. The van der Waals surface area contributed by atoms with Crippen LogP contribution in [-0.4, -0.2) is 26.1 Å². The van der Waals surface area contributed by atoms with Gasteiger partial charge in [-0.1, -0.05) is 10.4 Å². The van der Waals surface area contributed by atoms with Crippen LogP contribution in [0.15, 0.2) is 10.7 Å². The quantitative estimate of drug-likeness (QED) is 0.778. The van der Waals surface area contributed by atoms with Crippen molar-refractivity contribution in [2.75, 3.05) is 0 Å². The van der Waals surface area contributed by atoms with Gasteiger partial charge in [0.25, 0.3) is 5.91 Å². The van der Waals surface area contributed by atoms with Crippen LogP contribution in [0, 0.1) is 13.8 Å². The van der Waals surface area contributed by atoms with Gasteiger partial charge in [-0.25, -0.2) is 4.68 Å². The van der Waals surface area contributed by atoms with Crippen LogP contribution in [0.2, 0.25) is 0 Å². The third-order valence-corrected chi connectivity index (χ3v) is 2.12. The summed E-state index contributed by atoms with van der Waals surface area (Å²) in [7, 11) is 0. The maximum atomic E-state index is 11.1. The molecule has 83 valence electrons. The van der Waals surface area contributed by atoms with Crippen molar-refractivity contribution in [3.63, 3.8) is 0 Å². The van der Waals surface area contributed by atoms with Crippen LogP contribution in [0.1, 0.15) is 27.5 Å². The first-order valence-corrected chi connectivity index (χ1v) is 4.55. The topological polar surface area (TPSA) is 99.8 Å². The number of carbonyl (C=O) groups excluding carboxylic acids is 1. The number of primary amides is 1. The molecule has 0 spiro atoms.